The van der Waals surface area contributed by atoms with Gasteiger partial charge in [0.2, 0.25) is 5.95 Å². The maximum atomic E-state index is 9.71. The second-order valence-corrected chi connectivity index (χ2v) is 5.76. The summed E-state index contributed by atoms with van der Waals surface area (Å²) in [5, 5.41) is 16.3. The first-order chi connectivity index (χ1) is 9.78. The Morgan fingerprint density at radius 3 is 2.75 bits per heavy atom. The van der Waals surface area contributed by atoms with E-state index < -0.39 is 0 Å². The van der Waals surface area contributed by atoms with E-state index in [0.29, 0.717) is 5.95 Å². The average molecular weight is 278 g/mol. The van der Waals surface area contributed by atoms with Crippen molar-refractivity contribution >= 4 is 11.8 Å². The summed E-state index contributed by atoms with van der Waals surface area (Å²) in [5.41, 5.74) is 0.0280. The van der Waals surface area contributed by atoms with E-state index in [0.717, 1.165) is 38.2 Å². The molecule has 0 aromatic carbocycles. The highest BCUT2D eigenvalue weighted by molar-refractivity contribution is 5.39. The van der Waals surface area contributed by atoms with Gasteiger partial charge in [-0.2, -0.15) is 4.98 Å². The van der Waals surface area contributed by atoms with Crippen molar-refractivity contribution in [1.82, 2.24) is 9.97 Å². The number of hydrogen-bond donors (Lipinski definition) is 3. The zero-order chi connectivity index (χ0) is 14.3. The molecule has 20 heavy (non-hydrogen) atoms. The number of nitrogens with zero attached hydrogens (tertiary/aromatic N) is 2. The van der Waals surface area contributed by atoms with Crippen molar-refractivity contribution in [3.05, 3.63) is 12.3 Å². The number of nitrogens with one attached hydrogen (secondary N) is 2. The second kappa shape index (κ2) is 7.43. The highest BCUT2D eigenvalue weighted by Gasteiger charge is 2.31. The van der Waals surface area contributed by atoms with Crippen LogP contribution in [0.5, 0.6) is 0 Å². The Morgan fingerprint density at radius 1 is 1.25 bits per heavy atom. The maximum absolute atomic E-state index is 9.71. The van der Waals surface area contributed by atoms with Gasteiger partial charge in [-0.05, 0) is 25.3 Å². The first kappa shape index (κ1) is 15.0. The molecule has 0 bridgehead atoms. The average Bonchev–Trinajstić information content (AvgIpc) is 2.52. The molecule has 1 heterocycles. The lowest BCUT2D eigenvalue weighted by atomic mass is 9.74. The molecule has 1 aliphatic carbocycles. The van der Waals surface area contributed by atoms with Gasteiger partial charge < -0.3 is 15.7 Å². The van der Waals surface area contributed by atoms with Crippen molar-refractivity contribution in [2.24, 2.45) is 5.41 Å². The predicted octanol–water partition coefficient (Wildman–Crippen LogP) is 2.65. The molecule has 1 aliphatic rings. The maximum Gasteiger partial charge on any atom is 0.224 e. The van der Waals surface area contributed by atoms with Crippen molar-refractivity contribution in [2.75, 3.05) is 30.3 Å². The molecule has 0 spiro atoms. The Hall–Kier alpha value is -1.36. The fraction of sp³-hybridized carbons (Fsp3) is 0.733. The fourth-order valence-corrected chi connectivity index (χ4v) is 2.75. The van der Waals surface area contributed by atoms with Crippen LogP contribution in [-0.2, 0) is 0 Å². The lowest BCUT2D eigenvalue weighted by Gasteiger charge is -2.35. The number of aliphatic hydroxyl groups excluding tert-OH is 1. The summed E-state index contributed by atoms with van der Waals surface area (Å²) in [7, 11) is 0. The molecule has 5 nitrogen and oxygen atoms in total. The molecule has 0 atom stereocenters. The van der Waals surface area contributed by atoms with Gasteiger partial charge in [-0.15, -0.1) is 0 Å². The predicted molar refractivity (Wildman–Crippen MR) is 81.9 cm³/mol. The normalized spacial score (nSPS) is 17.7. The van der Waals surface area contributed by atoms with Crippen molar-refractivity contribution in [3.8, 4) is 0 Å². The SMILES string of the molecule is CCCNc1nccc(NCC2(CO)CCCCC2)n1. The van der Waals surface area contributed by atoms with E-state index >= 15 is 0 Å². The minimum atomic E-state index is 0.0280. The van der Waals surface area contributed by atoms with Gasteiger partial charge in [0.25, 0.3) is 0 Å². The third-order valence-electron chi connectivity index (χ3n) is 4.08. The fourth-order valence-electron chi connectivity index (χ4n) is 2.75. The molecular weight excluding hydrogens is 252 g/mol. The standard InChI is InChI=1S/C15H26N4O/c1-2-9-16-14-17-10-6-13(19-14)18-11-15(12-20)7-4-3-5-8-15/h6,10,20H,2-5,7-9,11-12H2,1H3,(H2,16,17,18,19). The molecule has 0 amide bonds. The van der Waals surface area contributed by atoms with E-state index in [1.807, 2.05) is 6.07 Å². The number of hydrogen-bond acceptors (Lipinski definition) is 5. The summed E-state index contributed by atoms with van der Waals surface area (Å²) in [5.74, 6) is 1.50. The van der Waals surface area contributed by atoms with Crippen LogP contribution in [0.25, 0.3) is 0 Å². The van der Waals surface area contributed by atoms with Gasteiger partial charge in [-0.1, -0.05) is 26.2 Å². The second-order valence-electron chi connectivity index (χ2n) is 5.76. The monoisotopic (exact) mass is 278 g/mol. The minimum Gasteiger partial charge on any atom is -0.396 e. The minimum absolute atomic E-state index is 0.0280. The zero-order valence-corrected chi connectivity index (χ0v) is 12.4. The largest absolute Gasteiger partial charge is 0.396 e. The van der Waals surface area contributed by atoms with Crippen LogP contribution in [0.2, 0.25) is 0 Å². The van der Waals surface area contributed by atoms with Crippen molar-refractivity contribution < 1.29 is 5.11 Å². The number of rotatable bonds is 7. The quantitative estimate of drug-likeness (QED) is 0.715. The van der Waals surface area contributed by atoms with Gasteiger partial charge in [-0.25, -0.2) is 4.98 Å². The smallest absolute Gasteiger partial charge is 0.224 e. The van der Waals surface area contributed by atoms with Crippen LogP contribution in [-0.4, -0.2) is 34.8 Å². The molecule has 112 valence electrons. The first-order valence-corrected chi connectivity index (χ1v) is 7.70. The molecular formula is C15H26N4O. The molecule has 1 saturated carbocycles. The van der Waals surface area contributed by atoms with Crippen LogP contribution >= 0.6 is 0 Å². The molecule has 0 aliphatic heterocycles. The molecule has 2 rings (SSSR count). The summed E-state index contributed by atoms with van der Waals surface area (Å²) >= 11 is 0. The van der Waals surface area contributed by atoms with Gasteiger partial charge >= 0.3 is 0 Å². The molecule has 0 saturated heterocycles. The van der Waals surface area contributed by atoms with E-state index in [1.54, 1.807) is 6.20 Å². The molecule has 0 unspecified atom stereocenters. The highest BCUT2D eigenvalue weighted by Crippen LogP contribution is 2.35. The Balaban J connectivity index is 1.92. The molecule has 1 aromatic rings. The molecule has 5 heteroatoms. The lowest BCUT2D eigenvalue weighted by molar-refractivity contribution is 0.0943. The third kappa shape index (κ3) is 4.07. The number of aromatic nitrogens is 2. The summed E-state index contributed by atoms with van der Waals surface area (Å²) in [6.45, 7) is 4.03. The first-order valence-electron chi connectivity index (χ1n) is 7.70. The van der Waals surface area contributed by atoms with Gasteiger partial charge in [-0.3, -0.25) is 0 Å². The van der Waals surface area contributed by atoms with Crippen LogP contribution in [0.4, 0.5) is 11.8 Å². The van der Waals surface area contributed by atoms with E-state index in [4.69, 9.17) is 0 Å². The highest BCUT2D eigenvalue weighted by atomic mass is 16.3. The van der Waals surface area contributed by atoms with Gasteiger partial charge in [0.05, 0.1) is 6.61 Å². The van der Waals surface area contributed by atoms with Gasteiger partial charge in [0.1, 0.15) is 5.82 Å². The summed E-state index contributed by atoms with van der Waals surface area (Å²) in [6, 6.07) is 1.88. The van der Waals surface area contributed by atoms with Crippen LogP contribution in [0.3, 0.4) is 0 Å². The molecule has 1 fully saturated rings. The lowest BCUT2D eigenvalue weighted by Crippen LogP contribution is -2.35. The Labute approximate surface area is 121 Å². The third-order valence-corrected chi connectivity index (χ3v) is 4.08. The van der Waals surface area contributed by atoms with Crippen molar-refractivity contribution in [3.63, 3.8) is 0 Å². The van der Waals surface area contributed by atoms with E-state index in [2.05, 4.69) is 27.5 Å². The van der Waals surface area contributed by atoms with Gasteiger partial charge in [0.15, 0.2) is 0 Å². The molecule has 3 N–H and O–H groups in total. The Morgan fingerprint density at radius 2 is 2.05 bits per heavy atom. The van der Waals surface area contributed by atoms with Crippen LogP contribution in [0, 0.1) is 5.41 Å². The van der Waals surface area contributed by atoms with Crippen LogP contribution in [0.15, 0.2) is 12.3 Å². The summed E-state index contributed by atoms with van der Waals surface area (Å²) < 4.78 is 0. The topological polar surface area (TPSA) is 70.1 Å². The van der Waals surface area contributed by atoms with Gasteiger partial charge in [0, 0.05) is 24.7 Å². The van der Waals surface area contributed by atoms with Crippen molar-refractivity contribution in [1.29, 1.82) is 0 Å². The number of aliphatic hydroxyl groups is 1. The van der Waals surface area contributed by atoms with E-state index in [9.17, 15) is 5.11 Å². The Bertz CT molecular complexity index is 405. The van der Waals surface area contributed by atoms with E-state index in [-0.39, 0.29) is 12.0 Å². The number of anilines is 2. The summed E-state index contributed by atoms with van der Waals surface area (Å²) in [6.07, 6.45) is 8.74. The van der Waals surface area contributed by atoms with E-state index in [1.165, 1.54) is 19.3 Å². The zero-order valence-electron chi connectivity index (χ0n) is 12.4. The van der Waals surface area contributed by atoms with Crippen LogP contribution < -0.4 is 10.6 Å². The molecule has 1 aromatic heterocycles. The molecule has 0 radical (unpaired) electrons. The van der Waals surface area contributed by atoms with Crippen molar-refractivity contribution in [2.45, 2.75) is 45.4 Å². The van der Waals surface area contributed by atoms with Crippen LogP contribution in [0.1, 0.15) is 45.4 Å². The summed E-state index contributed by atoms with van der Waals surface area (Å²) in [4.78, 5) is 8.64. The Kier molecular flexibility index (Phi) is 5.59.